The van der Waals surface area contributed by atoms with Crippen LogP contribution in [-0.4, -0.2) is 26.0 Å². The highest BCUT2D eigenvalue weighted by Crippen LogP contribution is 2.23. The first-order valence-electron chi connectivity index (χ1n) is 9.36. The van der Waals surface area contributed by atoms with Gasteiger partial charge in [-0.05, 0) is 35.4 Å². The summed E-state index contributed by atoms with van der Waals surface area (Å²) in [5.41, 5.74) is 3.01. The molecule has 30 heavy (non-hydrogen) atoms. The minimum absolute atomic E-state index is 0.0417. The van der Waals surface area contributed by atoms with Crippen molar-refractivity contribution in [2.75, 3.05) is 14.2 Å². The van der Waals surface area contributed by atoms with Gasteiger partial charge in [-0.25, -0.2) is 4.79 Å². The van der Waals surface area contributed by atoms with Crippen molar-refractivity contribution < 1.29 is 23.8 Å². The smallest absolute Gasteiger partial charge is 0.341 e. The normalized spacial score (nSPS) is 10.9. The van der Waals surface area contributed by atoms with Crippen LogP contribution >= 0.6 is 0 Å². The minimum atomic E-state index is -0.493. The molecule has 0 atom stereocenters. The lowest BCUT2D eigenvalue weighted by Crippen LogP contribution is -2.08. The molecule has 0 unspecified atom stereocenters. The molecule has 0 fully saturated rings. The molecule has 3 aromatic carbocycles. The van der Waals surface area contributed by atoms with Crippen LogP contribution in [0.4, 0.5) is 0 Å². The molecule has 0 aliphatic carbocycles. The summed E-state index contributed by atoms with van der Waals surface area (Å²) < 4.78 is 15.8. The molecule has 0 N–H and O–H groups in total. The number of ether oxygens (including phenoxy) is 3. The van der Waals surface area contributed by atoms with Crippen molar-refractivity contribution in [3.63, 3.8) is 0 Å². The van der Waals surface area contributed by atoms with Crippen LogP contribution in [0.3, 0.4) is 0 Å². The van der Waals surface area contributed by atoms with Crippen molar-refractivity contribution in [2.45, 2.75) is 6.61 Å². The standard InChI is InChI=1S/C25H22O5/c1-28-17-23(25(27)29-2)22-11-7-6-10-20(22)16-30-21-14-12-19(13-15-21)24(26)18-8-4-3-5-9-18/h3-15,17H,16H2,1-2H3/b23-17+. The molecular weight excluding hydrogens is 380 g/mol. The third-order valence-corrected chi connectivity index (χ3v) is 4.50. The van der Waals surface area contributed by atoms with Crippen LogP contribution in [0.15, 0.2) is 85.1 Å². The first-order valence-corrected chi connectivity index (χ1v) is 9.36. The lowest BCUT2D eigenvalue weighted by atomic mass is 10.0. The fourth-order valence-corrected chi connectivity index (χ4v) is 2.98. The number of hydrogen-bond donors (Lipinski definition) is 0. The van der Waals surface area contributed by atoms with Crippen LogP contribution in [0, 0.1) is 0 Å². The highest BCUT2D eigenvalue weighted by Gasteiger charge is 2.17. The number of ketones is 1. The lowest BCUT2D eigenvalue weighted by Gasteiger charge is -2.13. The largest absolute Gasteiger partial charge is 0.503 e. The van der Waals surface area contributed by atoms with E-state index in [1.807, 2.05) is 42.5 Å². The van der Waals surface area contributed by atoms with E-state index in [2.05, 4.69) is 0 Å². The molecule has 0 aliphatic heterocycles. The molecule has 0 bridgehead atoms. The third kappa shape index (κ3) is 4.94. The summed E-state index contributed by atoms with van der Waals surface area (Å²) in [6, 6.07) is 23.5. The van der Waals surface area contributed by atoms with E-state index in [9.17, 15) is 9.59 Å². The van der Waals surface area contributed by atoms with Gasteiger partial charge in [0.15, 0.2) is 5.78 Å². The van der Waals surface area contributed by atoms with E-state index in [0.29, 0.717) is 28.0 Å². The maximum atomic E-state index is 12.5. The average Bonchev–Trinajstić information content (AvgIpc) is 2.81. The van der Waals surface area contributed by atoms with Crippen molar-refractivity contribution >= 4 is 17.3 Å². The Balaban J connectivity index is 1.74. The van der Waals surface area contributed by atoms with Crippen LogP contribution < -0.4 is 4.74 Å². The summed E-state index contributed by atoms with van der Waals surface area (Å²) in [5.74, 6) is 0.0812. The SMILES string of the molecule is CO/C=C(/C(=O)OC)c1ccccc1COc1ccc(C(=O)c2ccccc2)cc1. The summed E-state index contributed by atoms with van der Waals surface area (Å²) >= 11 is 0. The molecular formula is C25H22O5. The topological polar surface area (TPSA) is 61.8 Å². The predicted octanol–water partition coefficient (Wildman–Crippen LogP) is 4.66. The van der Waals surface area contributed by atoms with E-state index in [1.165, 1.54) is 20.5 Å². The molecule has 0 amide bonds. The van der Waals surface area contributed by atoms with Crippen LogP contribution in [0.5, 0.6) is 5.75 Å². The Hall–Kier alpha value is -3.86. The second-order valence-corrected chi connectivity index (χ2v) is 6.42. The molecule has 0 aliphatic rings. The van der Waals surface area contributed by atoms with Crippen molar-refractivity contribution in [3.05, 3.63) is 107 Å². The van der Waals surface area contributed by atoms with Crippen LogP contribution in [-0.2, 0) is 20.9 Å². The van der Waals surface area contributed by atoms with E-state index in [1.54, 1.807) is 36.4 Å². The second kappa shape index (κ2) is 10.1. The quantitative estimate of drug-likeness (QED) is 0.237. The summed E-state index contributed by atoms with van der Waals surface area (Å²) in [5, 5.41) is 0. The number of methoxy groups -OCH3 is 2. The van der Waals surface area contributed by atoms with Gasteiger partial charge in [-0.3, -0.25) is 4.79 Å². The molecule has 5 heteroatoms. The van der Waals surface area contributed by atoms with E-state index in [-0.39, 0.29) is 12.4 Å². The van der Waals surface area contributed by atoms with Crippen LogP contribution in [0.1, 0.15) is 27.0 Å². The van der Waals surface area contributed by atoms with Crippen molar-refractivity contribution in [2.24, 2.45) is 0 Å². The Labute approximate surface area is 175 Å². The summed E-state index contributed by atoms with van der Waals surface area (Å²) in [4.78, 5) is 24.6. The van der Waals surface area contributed by atoms with E-state index < -0.39 is 5.97 Å². The number of rotatable bonds is 8. The molecule has 0 heterocycles. The van der Waals surface area contributed by atoms with Crippen molar-refractivity contribution in [1.29, 1.82) is 0 Å². The lowest BCUT2D eigenvalue weighted by molar-refractivity contribution is -0.133. The Morgan fingerprint density at radius 2 is 1.43 bits per heavy atom. The number of carbonyl (C=O) groups excluding carboxylic acids is 2. The molecule has 152 valence electrons. The number of benzene rings is 3. The Kier molecular flexibility index (Phi) is 7.00. The number of carbonyl (C=O) groups is 2. The van der Waals surface area contributed by atoms with E-state index in [4.69, 9.17) is 14.2 Å². The molecule has 0 radical (unpaired) electrons. The van der Waals surface area contributed by atoms with Crippen molar-refractivity contribution in [1.82, 2.24) is 0 Å². The van der Waals surface area contributed by atoms with Gasteiger partial charge in [-0.2, -0.15) is 0 Å². The number of esters is 1. The maximum absolute atomic E-state index is 12.5. The van der Waals surface area contributed by atoms with Gasteiger partial charge in [-0.15, -0.1) is 0 Å². The zero-order chi connectivity index (χ0) is 21.3. The second-order valence-electron chi connectivity index (χ2n) is 6.42. The van der Waals surface area contributed by atoms with Gasteiger partial charge in [0.2, 0.25) is 0 Å². The number of hydrogen-bond acceptors (Lipinski definition) is 5. The van der Waals surface area contributed by atoms with Gasteiger partial charge in [0.1, 0.15) is 17.9 Å². The Bertz CT molecular complexity index is 1040. The van der Waals surface area contributed by atoms with Crippen LogP contribution in [0.25, 0.3) is 5.57 Å². The van der Waals surface area contributed by atoms with Gasteiger partial charge in [0.25, 0.3) is 0 Å². The zero-order valence-corrected chi connectivity index (χ0v) is 16.8. The molecule has 0 saturated heterocycles. The summed E-state index contributed by atoms with van der Waals surface area (Å²) in [7, 11) is 2.80. The highest BCUT2D eigenvalue weighted by molar-refractivity contribution is 6.16. The van der Waals surface area contributed by atoms with Gasteiger partial charge in [-0.1, -0.05) is 54.6 Å². The van der Waals surface area contributed by atoms with Crippen molar-refractivity contribution in [3.8, 4) is 5.75 Å². The molecule has 0 aromatic heterocycles. The highest BCUT2D eigenvalue weighted by atomic mass is 16.5. The third-order valence-electron chi connectivity index (χ3n) is 4.50. The van der Waals surface area contributed by atoms with Crippen LogP contribution in [0.2, 0.25) is 0 Å². The predicted molar refractivity (Wildman–Crippen MR) is 114 cm³/mol. The summed E-state index contributed by atoms with van der Waals surface area (Å²) in [6.45, 7) is 0.236. The van der Waals surface area contributed by atoms with Gasteiger partial charge in [0.05, 0.1) is 20.5 Å². The van der Waals surface area contributed by atoms with E-state index in [0.717, 1.165) is 5.56 Å². The fourth-order valence-electron chi connectivity index (χ4n) is 2.98. The van der Waals surface area contributed by atoms with E-state index >= 15 is 0 Å². The van der Waals surface area contributed by atoms with Gasteiger partial charge in [0, 0.05) is 11.1 Å². The molecule has 3 aromatic rings. The first-order chi connectivity index (χ1) is 14.6. The van der Waals surface area contributed by atoms with Gasteiger partial charge >= 0.3 is 5.97 Å². The molecule has 0 saturated carbocycles. The monoisotopic (exact) mass is 402 g/mol. The average molecular weight is 402 g/mol. The van der Waals surface area contributed by atoms with Gasteiger partial charge < -0.3 is 14.2 Å². The Morgan fingerprint density at radius 3 is 2.10 bits per heavy atom. The summed E-state index contributed by atoms with van der Waals surface area (Å²) in [6.07, 6.45) is 1.36. The zero-order valence-electron chi connectivity index (χ0n) is 16.8. The fraction of sp³-hybridized carbons (Fsp3) is 0.120. The minimum Gasteiger partial charge on any atom is -0.503 e. The first kappa shape index (κ1) is 20.9. The molecule has 5 nitrogen and oxygen atoms in total. The Morgan fingerprint density at radius 1 is 0.800 bits per heavy atom. The molecule has 3 rings (SSSR count). The molecule has 0 spiro atoms. The maximum Gasteiger partial charge on any atom is 0.341 e.